The Morgan fingerprint density at radius 3 is 2.68 bits per heavy atom. The molecule has 2 aromatic heterocycles. The van der Waals surface area contributed by atoms with Crippen molar-refractivity contribution < 1.29 is 4.79 Å². The predicted octanol–water partition coefficient (Wildman–Crippen LogP) is 3.46. The lowest BCUT2D eigenvalue weighted by molar-refractivity contribution is 0.0950. The standard InChI is InChI=1S/C17H14ClN3O/c18-13-6-7-15(16(11-13)21-9-3-4-10-21)17(22)20-12-14-5-1-2-8-19-14/h1-11H,12H2,(H,20,22). The molecular weight excluding hydrogens is 298 g/mol. The van der Waals surface area contributed by atoms with Gasteiger partial charge in [-0.2, -0.15) is 0 Å². The molecule has 0 saturated heterocycles. The average Bonchev–Trinajstić information content (AvgIpc) is 3.08. The normalized spacial score (nSPS) is 10.4. The van der Waals surface area contributed by atoms with E-state index in [2.05, 4.69) is 10.3 Å². The molecule has 3 aromatic rings. The van der Waals surface area contributed by atoms with Gasteiger partial charge in [0.25, 0.3) is 5.91 Å². The fourth-order valence-electron chi connectivity index (χ4n) is 2.17. The molecule has 0 aliphatic carbocycles. The Morgan fingerprint density at radius 2 is 1.95 bits per heavy atom. The number of amides is 1. The number of halogens is 1. The maximum Gasteiger partial charge on any atom is 0.253 e. The number of hydrogen-bond acceptors (Lipinski definition) is 2. The fourth-order valence-corrected chi connectivity index (χ4v) is 2.34. The van der Waals surface area contributed by atoms with Gasteiger partial charge in [0, 0.05) is 23.6 Å². The van der Waals surface area contributed by atoms with Gasteiger partial charge < -0.3 is 9.88 Å². The lowest BCUT2D eigenvalue weighted by Crippen LogP contribution is -2.24. The van der Waals surface area contributed by atoms with Gasteiger partial charge in [-0.1, -0.05) is 17.7 Å². The first-order chi connectivity index (χ1) is 10.7. The number of nitrogens with one attached hydrogen (secondary N) is 1. The quantitative estimate of drug-likeness (QED) is 0.802. The zero-order chi connectivity index (χ0) is 15.4. The van der Waals surface area contributed by atoms with E-state index in [1.54, 1.807) is 24.4 Å². The molecular formula is C17H14ClN3O. The lowest BCUT2D eigenvalue weighted by Gasteiger charge is -2.11. The van der Waals surface area contributed by atoms with E-state index in [0.29, 0.717) is 17.1 Å². The highest BCUT2D eigenvalue weighted by Crippen LogP contribution is 2.20. The number of hydrogen-bond donors (Lipinski definition) is 1. The number of pyridine rings is 1. The maximum atomic E-state index is 12.5. The van der Waals surface area contributed by atoms with Crippen molar-refractivity contribution in [3.63, 3.8) is 0 Å². The van der Waals surface area contributed by atoms with E-state index < -0.39 is 0 Å². The van der Waals surface area contributed by atoms with Crippen LogP contribution < -0.4 is 5.32 Å². The summed E-state index contributed by atoms with van der Waals surface area (Å²) in [7, 11) is 0. The number of benzene rings is 1. The average molecular weight is 312 g/mol. The van der Waals surface area contributed by atoms with Crippen LogP contribution in [0, 0.1) is 0 Å². The van der Waals surface area contributed by atoms with Crippen molar-refractivity contribution in [1.82, 2.24) is 14.9 Å². The van der Waals surface area contributed by atoms with E-state index in [4.69, 9.17) is 11.6 Å². The molecule has 0 bridgehead atoms. The van der Waals surface area contributed by atoms with Crippen molar-refractivity contribution in [2.24, 2.45) is 0 Å². The van der Waals surface area contributed by atoms with Crippen molar-refractivity contribution in [3.05, 3.63) is 83.4 Å². The van der Waals surface area contributed by atoms with Crippen molar-refractivity contribution >= 4 is 17.5 Å². The fraction of sp³-hybridized carbons (Fsp3) is 0.0588. The summed E-state index contributed by atoms with van der Waals surface area (Å²) >= 11 is 6.06. The summed E-state index contributed by atoms with van der Waals surface area (Å²) in [6.07, 6.45) is 5.46. The van der Waals surface area contributed by atoms with E-state index in [0.717, 1.165) is 11.4 Å². The van der Waals surface area contributed by atoms with Crippen LogP contribution in [0.3, 0.4) is 0 Å². The Labute approximate surface area is 133 Å². The summed E-state index contributed by atoms with van der Waals surface area (Å²) in [5.41, 5.74) is 2.12. The van der Waals surface area contributed by atoms with Crippen LogP contribution in [-0.2, 0) is 6.54 Å². The monoisotopic (exact) mass is 311 g/mol. The molecule has 0 saturated carbocycles. The third kappa shape index (κ3) is 3.18. The summed E-state index contributed by atoms with van der Waals surface area (Å²) in [5.74, 6) is -0.161. The molecule has 0 spiro atoms. The highest BCUT2D eigenvalue weighted by atomic mass is 35.5. The Balaban J connectivity index is 1.83. The van der Waals surface area contributed by atoms with Gasteiger partial charge in [0.1, 0.15) is 0 Å². The van der Waals surface area contributed by atoms with Crippen molar-refractivity contribution in [1.29, 1.82) is 0 Å². The Morgan fingerprint density at radius 1 is 1.14 bits per heavy atom. The van der Waals surface area contributed by atoms with Crippen LogP contribution in [0.5, 0.6) is 0 Å². The Kier molecular flexibility index (Phi) is 4.21. The molecule has 0 atom stereocenters. The van der Waals surface area contributed by atoms with Crippen molar-refractivity contribution in [2.75, 3.05) is 0 Å². The topological polar surface area (TPSA) is 46.9 Å². The third-order valence-corrected chi connectivity index (χ3v) is 3.48. The van der Waals surface area contributed by atoms with Gasteiger partial charge >= 0.3 is 0 Å². The molecule has 110 valence electrons. The molecule has 0 aliphatic rings. The molecule has 1 N–H and O–H groups in total. The van der Waals surface area contributed by atoms with Gasteiger partial charge in [-0.25, -0.2) is 0 Å². The zero-order valence-corrected chi connectivity index (χ0v) is 12.5. The predicted molar refractivity (Wildman–Crippen MR) is 86.2 cm³/mol. The van der Waals surface area contributed by atoms with Gasteiger partial charge in [0.15, 0.2) is 0 Å². The summed E-state index contributed by atoms with van der Waals surface area (Å²) in [6.45, 7) is 0.382. The minimum absolute atomic E-state index is 0.161. The van der Waals surface area contributed by atoms with E-state index >= 15 is 0 Å². The first-order valence-corrected chi connectivity index (χ1v) is 7.23. The summed E-state index contributed by atoms with van der Waals surface area (Å²) < 4.78 is 1.86. The first-order valence-electron chi connectivity index (χ1n) is 6.85. The summed E-state index contributed by atoms with van der Waals surface area (Å²) in [6, 6.07) is 14.6. The number of aromatic nitrogens is 2. The number of rotatable bonds is 4. The minimum Gasteiger partial charge on any atom is -0.346 e. The summed E-state index contributed by atoms with van der Waals surface area (Å²) in [4.78, 5) is 16.6. The van der Waals surface area contributed by atoms with Crippen molar-refractivity contribution in [3.8, 4) is 5.69 Å². The summed E-state index contributed by atoms with van der Waals surface area (Å²) in [5, 5.41) is 3.47. The Bertz CT molecular complexity index is 770. The first kappa shape index (κ1) is 14.4. The molecule has 2 heterocycles. The molecule has 5 heteroatoms. The van der Waals surface area contributed by atoms with Crippen molar-refractivity contribution in [2.45, 2.75) is 6.54 Å². The zero-order valence-electron chi connectivity index (χ0n) is 11.7. The van der Waals surface area contributed by atoms with Gasteiger partial charge in [0.2, 0.25) is 0 Å². The van der Waals surface area contributed by atoms with E-state index in [1.807, 2.05) is 47.3 Å². The van der Waals surface area contributed by atoms with Crippen LogP contribution in [0.2, 0.25) is 5.02 Å². The minimum atomic E-state index is -0.161. The molecule has 1 amide bonds. The van der Waals surface area contributed by atoms with Crippen LogP contribution in [0.25, 0.3) is 5.69 Å². The van der Waals surface area contributed by atoms with Gasteiger partial charge in [-0.15, -0.1) is 0 Å². The van der Waals surface area contributed by atoms with Crippen LogP contribution in [-0.4, -0.2) is 15.5 Å². The van der Waals surface area contributed by atoms with E-state index in [-0.39, 0.29) is 5.91 Å². The van der Waals surface area contributed by atoms with Crippen LogP contribution >= 0.6 is 11.6 Å². The number of carbonyl (C=O) groups excluding carboxylic acids is 1. The second kappa shape index (κ2) is 6.45. The maximum absolute atomic E-state index is 12.5. The third-order valence-electron chi connectivity index (χ3n) is 3.24. The Hall–Kier alpha value is -2.59. The van der Waals surface area contributed by atoms with Gasteiger partial charge in [-0.05, 0) is 42.5 Å². The van der Waals surface area contributed by atoms with Crippen LogP contribution in [0.15, 0.2) is 67.1 Å². The molecule has 0 fully saturated rings. The van der Waals surface area contributed by atoms with E-state index in [9.17, 15) is 4.79 Å². The molecule has 0 unspecified atom stereocenters. The largest absolute Gasteiger partial charge is 0.346 e. The molecule has 0 radical (unpaired) electrons. The van der Waals surface area contributed by atoms with Gasteiger partial charge in [0.05, 0.1) is 23.5 Å². The number of nitrogens with zero attached hydrogens (tertiary/aromatic N) is 2. The highest BCUT2D eigenvalue weighted by molar-refractivity contribution is 6.31. The lowest BCUT2D eigenvalue weighted by atomic mass is 10.1. The molecule has 0 aliphatic heterocycles. The number of carbonyl (C=O) groups is 1. The van der Waals surface area contributed by atoms with Crippen LogP contribution in [0.4, 0.5) is 0 Å². The second-order valence-electron chi connectivity index (χ2n) is 4.76. The van der Waals surface area contributed by atoms with Gasteiger partial charge in [-0.3, -0.25) is 9.78 Å². The molecule has 3 rings (SSSR count). The SMILES string of the molecule is O=C(NCc1ccccn1)c1ccc(Cl)cc1-n1cccc1. The van der Waals surface area contributed by atoms with Crippen LogP contribution in [0.1, 0.15) is 16.1 Å². The smallest absolute Gasteiger partial charge is 0.253 e. The molecule has 4 nitrogen and oxygen atoms in total. The molecule has 1 aromatic carbocycles. The second-order valence-corrected chi connectivity index (χ2v) is 5.19. The highest BCUT2D eigenvalue weighted by Gasteiger charge is 2.13. The molecule has 22 heavy (non-hydrogen) atoms. The van der Waals surface area contributed by atoms with E-state index in [1.165, 1.54) is 0 Å².